The first-order valence-corrected chi connectivity index (χ1v) is 8.07. The zero-order valence-electron chi connectivity index (χ0n) is 13.8. The first-order chi connectivity index (χ1) is 12.8. The fourth-order valence-corrected chi connectivity index (χ4v) is 2.46. The molecule has 0 radical (unpaired) electrons. The van der Waals surface area contributed by atoms with E-state index in [4.69, 9.17) is 18.6 Å². The fraction of sp³-hybridized carbons (Fsp3) is 0.158. The second-order valence-electron chi connectivity index (χ2n) is 5.57. The van der Waals surface area contributed by atoms with Crippen LogP contribution >= 0.6 is 0 Å². The summed E-state index contributed by atoms with van der Waals surface area (Å²) in [6.45, 7) is 0.754. The number of hydrogen-bond acceptors (Lipinski definition) is 6. The summed E-state index contributed by atoms with van der Waals surface area (Å²) in [5, 5.41) is 2.76. The molecule has 1 amide bonds. The van der Waals surface area contributed by atoms with Gasteiger partial charge in [-0.15, -0.1) is 0 Å². The van der Waals surface area contributed by atoms with Crippen molar-refractivity contribution in [1.29, 1.82) is 0 Å². The van der Waals surface area contributed by atoms with Crippen LogP contribution in [0.1, 0.15) is 22.0 Å². The summed E-state index contributed by atoms with van der Waals surface area (Å²) < 4.78 is 21.8. The van der Waals surface area contributed by atoms with Crippen LogP contribution in [0, 0.1) is 0 Å². The van der Waals surface area contributed by atoms with E-state index in [1.807, 2.05) is 18.2 Å². The van der Waals surface area contributed by atoms with Crippen LogP contribution in [0.25, 0.3) is 0 Å². The number of hydrogen-bond donors (Lipinski definition) is 1. The molecule has 2 aromatic heterocycles. The van der Waals surface area contributed by atoms with Gasteiger partial charge in [-0.05, 0) is 36.4 Å². The Morgan fingerprint density at radius 1 is 1.12 bits per heavy atom. The van der Waals surface area contributed by atoms with Crippen molar-refractivity contribution in [2.24, 2.45) is 0 Å². The zero-order valence-corrected chi connectivity index (χ0v) is 13.8. The van der Waals surface area contributed by atoms with Gasteiger partial charge in [-0.2, -0.15) is 0 Å². The number of pyridine rings is 1. The lowest BCUT2D eigenvalue weighted by atomic mass is 10.3. The van der Waals surface area contributed by atoms with Gasteiger partial charge in [0.15, 0.2) is 17.3 Å². The minimum absolute atomic E-state index is 0.202. The van der Waals surface area contributed by atoms with E-state index in [1.165, 1.54) is 0 Å². The average Bonchev–Trinajstić information content (AvgIpc) is 3.34. The molecule has 0 spiro atoms. The first-order valence-electron chi connectivity index (χ1n) is 8.07. The van der Waals surface area contributed by atoms with E-state index in [2.05, 4.69) is 10.3 Å². The number of rotatable bonds is 6. The maximum absolute atomic E-state index is 12.1. The summed E-state index contributed by atoms with van der Waals surface area (Å²) in [5.74, 6) is 2.45. The van der Waals surface area contributed by atoms with Crippen LogP contribution < -0.4 is 19.5 Å². The number of amides is 1. The molecule has 3 aromatic rings. The number of ether oxygens (including phenoxy) is 3. The summed E-state index contributed by atoms with van der Waals surface area (Å²) in [5.41, 5.74) is 0.777. The van der Waals surface area contributed by atoms with Gasteiger partial charge in [0, 0.05) is 12.3 Å². The highest BCUT2D eigenvalue weighted by molar-refractivity contribution is 5.91. The lowest BCUT2D eigenvalue weighted by Gasteiger charge is -2.05. The number of carbonyl (C=O) groups is 1. The molecular weight excluding hydrogens is 336 g/mol. The van der Waals surface area contributed by atoms with Gasteiger partial charge < -0.3 is 23.9 Å². The molecule has 0 atom stereocenters. The molecule has 0 fully saturated rings. The molecule has 1 aliphatic heterocycles. The Morgan fingerprint density at radius 3 is 2.92 bits per heavy atom. The molecule has 4 rings (SSSR count). The van der Waals surface area contributed by atoms with Crippen molar-refractivity contribution in [3.63, 3.8) is 0 Å². The fourth-order valence-electron chi connectivity index (χ4n) is 2.46. The second kappa shape index (κ2) is 7.18. The summed E-state index contributed by atoms with van der Waals surface area (Å²) in [6.07, 6.45) is 1.68. The van der Waals surface area contributed by atoms with E-state index in [0.717, 1.165) is 5.69 Å². The Kier molecular flexibility index (Phi) is 4.42. The molecule has 0 bridgehead atoms. The Labute approximate surface area is 149 Å². The third-order valence-corrected chi connectivity index (χ3v) is 3.77. The molecule has 0 unspecified atom stereocenters. The molecule has 132 valence electrons. The van der Waals surface area contributed by atoms with Crippen LogP contribution in [0.15, 0.2) is 59.1 Å². The molecule has 0 saturated heterocycles. The molecule has 1 N–H and O–H groups in total. The number of furan rings is 1. The zero-order chi connectivity index (χ0) is 17.8. The molecule has 1 aromatic carbocycles. The molecular formula is C19H16N2O5. The monoisotopic (exact) mass is 352 g/mol. The van der Waals surface area contributed by atoms with Gasteiger partial charge in [-0.25, -0.2) is 0 Å². The highest BCUT2D eigenvalue weighted by Gasteiger charge is 2.15. The van der Waals surface area contributed by atoms with Crippen LogP contribution in [-0.4, -0.2) is 17.7 Å². The number of nitrogens with zero attached hydrogens (tertiary/aromatic N) is 1. The summed E-state index contributed by atoms with van der Waals surface area (Å²) in [4.78, 5) is 16.3. The van der Waals surface area contributed by atoms with Crippen molar-refractivity contribution < 1.29 is 23.4 Å². The normalized spacial score (nSPS) is 12.0. The van der Waals surface area contributed by atoms with E-state index in [0.29, 0.717) is 29.6 Å². The van der Waals surface area contributed by atoms with Crippen molar-refractivity contribution in [1.82, 2.24) is 10.3 Å². The summed E-state index contributed by atoms with van der Waals surface area (Å²) in [7, 11) is 0. The second-order valence-corrected chi connectivity index (χ2v) is 5.57. The third kappa shape index (κ3) is 3.61. The lowest BCUT2D eigenvalue weighted by Crippen LogP contribution is -2.22. The number of fused-ring (bicyclic) bond motifs is 1. The quantitative estimate of drug-likeness (QED) is 0.734. The minimum Gasteiger partial charge on any atom is -0.486 e. The topological polar surface area (TPSA) is 82.8 Å². The molecule has 0 saturated carbocycles. The lowest BCUT2D eigenvalue weighted by molar-refractivity contribution is 0.0918. The maximum Gasteiger partial charge on any atom is 0.287 e. The van der Waals surface area contributed by atoms with Crippen molar-refractivity contribution in [2.45, 2.75) is 13.2 Å². The minimum atomic E-state index is -0.301. The van der Waals surface area contributed by atoms with Crippen LogP contribution in [0.5, 0.6) is 17.2 Å². The largest absolute Gasteiger partial charge is 0.486 e. The highest BCUT2D eigenvalue weighted by atomic mass is 16.7. The standard InChI is InChI=1S/C19H16N2O5/c22-19(21-10-13-3-1-2-8-20-13)17-7-5-15(26-17)11-23-14-4-6-16-18(9-14)25-12-24-16/h1-9H,10-12H2,(H,21,22). The van der Waals surface area contributed by atoms with Crippen LogP contribution in [-0.2, 0) is 13.2 Å². The van der Waals surface area contributed by atoms with Gasteiger partial charge in [-0.1, -0.05) is 6.07 Å². The van der Waals surface area contributed by atoms with Crippen molar-refractivity contribution in [2.75, 3.05) is 6.79 Å². The molecule has 1 aliphatic rings. The third-order valence-electron chi connectivity index (χ3n) is 3.77. The molecule has 26 heavy (non-hydrogen) atoms. The van der Waals surface area contributed by atoms with Gasteiger partial charge >= 0.3 is 0 Å². The van der Waals surface area contributed by atoms with Gasteiger partial charge in [0.1, 0.15) is 18.1 Å². The molecule has 0 aliphatic carbocycles. The van der Waals surface area contributed by atoms with E-state index >= 15 is 0 Å². The van der Waals surface area contributed by atoms with Gasteiger partial charge in [0.05, 0.1) is 12.2 Å². The van der Waals surface area contributed by atoms with E-state index in [-0.39, 0.29) is 25.1 Å². The molecule has 7 heteroatoms. The van der Waals surface area contributed by atoms with Crippen molar-refractivity contribution in [3.8, 4) is 17.2 Å². The van der Waals surface area contributed by atoms with E-state index in [1.54, 1.807) is 36.5 Å². The predicted octanol–water partition coefficient (Wildman–Crippen LogP) is 2.91. The molecule has 7 nitrogen and oxygen atoms in total. The van der Waals surface area contributed by atoms with Gasteiger partial charge in [-0.3, -0.25) is 9.78 Å². The van der Waals surface area contributed by atoms with Crippen LogP contribution in [0.4, 0.5) is 0 Å². The Hall–Kier alpha value is -3.48. The Bertz CT molecular complexity index is 907. The number of nitrogens with one attached hydrogen (secondary N) is 1. The van der Waals surface area contributed by atoms with E-state index in [9.17, 15) is 4.79 Å². The van der Waals surface area contributed by atoms with E-state index < -0.39 is 0 Å². The molecule has 3 heterocycles. The first kappa shape index (κ1) is 16.0. The number of aromatic nitrogens is 1. The van der Waals surface area contributed by atoms with Crippen LogP contribution in [0.2, 0.25) is 0 Å². The highest BCUT2D eigenvalue weighted by Crippen LogP contribution is 2.35. The summed E-state index contributed by atoms with van der Waals surface area (Å²) in [6, 6.07) is 14.2. The smallest absolute Gasteiger partial charge is 0.287 e. The Balaban J connectivity index is 1.32. The predicted molar refractivity (Wildman–Crippen MR) is 91.0 cm³/mol. The van der Waals surface area contributed by atoms with Crippen molar-refractivity contribution in [3.05, 3.63) is 71.9 Å². The average molecular weight is 352 g/mol. The summed E-state index contributed by atoms with van der Waals surface area (Å²) >= 11 is 0. The van der Waals surface area contributed by atoms with Crippen LogP contribution in [0.3, 0.4) is 0 Å². The Morgan fingerprint density at radius 2 is 2.04 bits per heavy atom. The van der Waals surface area contributed by atoms with Crippen molar-refractivity contribution >= 4 is 5.91 Å². The van der Waals surface area contributed by atoms with Gasteiger partial charge in [0.2, 0.25) is 6.79 Å². The maximum atomic E-state index is 12.1. The van der Waals surface area contributed by atoms with Gasteiger partial charge in [0.25, 0.3) is 5.91 Å². The SMILES string of the molecule is O=C(NCc1ccccn1)c1ccc(COc2ccc3c(c2)OCO3)o1. The number of carbonyl (C=O) groups excluding carboxylic acids is 1. The number of benzene rings is 1.